The highest BCUT2D eigenvalue weighted by Gasteiger charge is 2.40. The van der Waals surface area contributed by atoms with Gasteiger partial charge in [-0.1, -0.05) is 18.2 Å². The Morgan fingerprint density at radius 3 is 2.39 bits per heavy atom. The van der Waals surface area contributed by atoms with Gasteiger partial charge >= 0.3 is 0 Å². The number of para-hydroxylation sites is 2. The molecule has 0 radical (unpaired) electrons. The van der Waals surface area contributed by atoms with Crippen LogP contribution < -0.4 is 25.4 Å². The van der Waals surface area contributed by atoms with Gasteiger partial charge in [-0.05, 0) is 29.8 Å². The topological polar surface area (TPSA) is 107 Å². The molecule has 0 unspecified atom stereocenters. The Hall–Kier alpha value is -4.10. The van der Waals surface area contributed by atoms with E-state index in [1.54, 1.807) is 31.3 Å². The molecule has 0 saturated carbocycles. The second-order valence-electron chi connectivity index (χ2n) is 6.31. The second-order valence-corrected chi connectivity index (χ2v) is 6.31. The zero-order valence-corrected chi connectivity index (χ0v) is 15.4. The summed E-state index contributed by atoms with van der Waals surface area (Å²) in [6, 6.07) is 17.4. The van der Waals surface area contributed by atoms with E-state index in [4.69, 9.17) is 15.2 Å². The fraction of sp³-hybridized carbons (Fsp3) is 0.143. The van der Waals surface area contributed by atoms with Gasteiger partial charge in [-0.25, -0.2) is 0 Å². The summed E-state index contributed by atoms with van der Waals surface area (Å²) >= 11 is 0. The summed E-state index contributed by atoms with van der Waals surface area (Å²) in [6.07, 6.45) is 0. The standard InChI is InChI=1S/C21H17N5O2/c1-27-17-8-7-12(9-18(17)28-2)19-13(10-22)20(24)26-16-6-4-3-5-15(16)25-21(26)14(19)11-23/h3-9,19,25H,24H2,1-2H3/t19-/m1/s1. The largest absolute Gasteiger partial charge is 0.493 e. The van der Waals surface area contributed by atoms with Crippen molar-refractivity contribution in [1.82, 2.24) is 0 Å². The third-order valence-electron chi connectivity index (χ3n) is 4.95. The highest BCUT2D eigenvalue weighted by molar-refractivity contribution is 5.86. The zero-order valence-electron chi connectivity index (χ0n) is 15.4. The van der Waals surface area contributed by atoms with Crippen LogP contribution in [-0.4, -0.2) is 14.2 Å². The van der Waals surface area contributed by atoms with Gasteiger partial charge in [0.25, 0.3) is 0 Å². The van der Waals surface area contributed by atoms with Gasteiger partial charge in [0.1, 0.15) is 11.6 Å². The average Bonchev–Trinajstić information content (AvgIpc) is 3.12. The Kier molecular flexibility index (Phi) is 4.06. The number of anilines is 2. The molecule has 7 heteroatoms. The van der Waals surface area contributed by atoms with Crippen LogP contribution in [0.15, 0.2) is 65.3 Å². The third-order valence-corrected chi connectivity index (χ3v) is 4.95. The summed E-state index contributed by atoms with van der Waals surface area (Å²) in [6.45, 7) is 0. The Morgan fingerprint density at radius 2 is 1.71 bits per heavy atom. The fourth-order valence-corrected chi connectivity index (χ4v) is 3.67. The first kappa shape index (κ1) is 17.3. The summed E-state index contributed by atoms with van der Waals surface area (Å²) in [7, 11) is 3.09. The molecule has 1 atom stereocenters. The van der Waals surface area contributed by atoms with Gasteiger partial charge < -0.3 is 20.5 Å². The van der Waals surface area contributed by atoms with E-state index in [-0.39, 0.29) is 0 Å². The summed E-state index contributed by atoms with van der Waals surface area (Å²) in [4.78, 5) is 1.73. The smallest absolute Gasteiger partial charge is 0.161 e. The van der Waals surface area contributed by atoms with E-state index in [9.17, 15) is 10.5 Å². The molecule has 0 aliphatic carbocycles. The van der Waals surface area contributed by atoms with Crippen LogP contribution in [0.4, 0.5) is 11.4 Å². The van der Waals surface area contributed by atoms with Gasteiger partial charge in [0.2, 0.25) is 0 Å². The first-order valence-electron chi connectivity index (χ1n) is 8.56. The Bertz CT molecular complexity index is 1120. The molecule has 2 aliphatic heterocycles. The van der Waals surface area contributed by atoms with Crippen molar-refractivity contribution in [2.45, 2.75) is 5.92 Å². The van der Waals surface area contributed by atoms with E-state index in [2.05, 4.69) is 17.5 Å². The first-order chi connectivity index (χ1) is 13.6. The van der Waals surface area contributed by atoms with Crippen molar-refractivity contribution in [3.63, 3.8) is 0 Å². The molecule has 0 bridgehead atoms. The summed E-state index contributed by atoms with van der Waals surface area (Å²) in [5, 5.41) is 23.1. The van der Waals surface area contributed by atoms with Crippen LogP contribution in [0.1, 0.15) is 11.5 Å². The molecular formula is C21H17N5O2. The van der Waals surface area contributed by atoms with Gasteiger partial charge in [-0.2, -0.15) is 10.5 Å². The van der Waals surface area contributed by atoms with Gasteiger partial charge in [0.05, 0.1) is 54.8 Å². The lowest BCUT2D eigenvalue weighted by Gasteiger charge is -2.31. The molecule has 0 saturated heterocycles. The number of ether oxygens (including phenoxy) is 2. The lowest BCUT2D eigenvalue weighted by Crippen LogP contribution is -2.34. The summed E-state index contributed by atoms with van der Waals surface area (Å²) in [5.74, 6) is 1.34. The molecule has 0 spiro atoms. The SMILES string of the molecule is COc1ccc([C@@H]2C(C#N)=C(N)N3C(=C2C#N)Nc2ccccc23)cc1OC. The van der Waals surface area contributed by atoms with Crippen LogP contribution in [0.2, 0.25) is 0 Å². The molecule has 7 nitrogen and oxygen atoms in total. The van der Waals surface area contributed by atoms with Crippen molar-refractivity contribution in [2.75, 3.05) is 24.4 Å². The minimum absolute atomic E-state index is 0.300. The van der Waals surface area contributed by atoms with E-state index in [1.165, 1.54) is 0 Å². The lowest BCUT2D eigenvalue weighted by atomic mass is 9.83. The molecule has 0 fully saturated rings. The summed E-state index contributed by atoms with van der Waals surface area (Å²) < 4.78 is 10.7. The average molecular weight is 371 g/mol. The maximum absolute atomic E-state index is 9.97. The molecular weight excluding hydrogens is 354 g/mol. The number of allylic oxidation sites excluding steroid dienone is 2. The van der Waals surface area contributed by atoms with Gasteiger partial charge in [0.15, 0.2) is 11.5 Å². The van der Waals surface area contributed by atoms with Crippen molar-refractivity contribution < 1.29 is 9.47 Å². The second kappa shape index (κ2) is 6.57. The van der Waals surface area contributed by atoms with Gasteiger partial charge in [-0.15, -0.1) is 0 Å². The number of nitrogens with two attached hydrogens (primary N) is 1. The Balaban J connectivity index is 1.94. The Labute approximate surface area is 162 Å². The van der Waals surface area contributed by atoms with E-state index in [0.29, 0.717) is 34.3 Å². The number of methoxy groups -OCH3 is 2. The van der Waals surface area contributed by atoms with Crippen molar-refractivity contribution in [3.05, 3.63) is 70.8 Å². The molecule has 2 aromatic rings. The monoisotopic (exact) mass is 371 g/mol. The number of hydrogen-bond donors (Lipinski definition) is 2. The predicted molar refractivity (Wildman–Crippen MR) is 104 cm³/mol. The quantitative estimate of drug-likeness (QED) is 0.853. The highest BCUT2D eigenvalue weighted by Crippen LogP contribution is 2.48. The predicted octanol–water partition coefficient (Wildman–Crippen LogP) is 3.16. The van der Waals surface area contributed by atoms with E-state index < -0.39 is 5.92 Å². The van der Waals surface area contributed by atoms with Crippen molar-refractivity contribution in [1.29, 1.82) is 10.5 Å². The molecule has 3 N–H and O–H groups in total. The van der Waals surface area contributed by atoms with Gasteiger partial charge in [-0.3, -0.25) is 4.90 Å². The summed E-state index contributed by atoms with van der Waals surface area (Å²) in [5.41, 5.74) is 9.49. The number of hydrogen-bond acceptors (Lipinski definition) is 7. The Morgan fingerprint density at radius 1 is 1.00 bits per heavy atom. The maximum atomic E-state index is 9.97. The van der Waals surface area contributed by atoms with E-state index >= 15 is 0 Å². The first-order valence-corrected chi connectivity index (χ1v) is 8.56. The highest BCUT2D eigenvalue weighted by atomic mass is 16.5. The molecule has 2 aliphatic rings. The van der Waals surface area contributed by atoms with Crippen molar-refractivity contribution in [2.24, 2.45) is 5.73 Å². The van der Waals surface area contributed by atoms with Crippen molar-refractivity contribution >= 4 is 11.4 Å². The number of nitriles is 2. The normalized spacial score (nSPS) is 17.3. The molecule has 0 aromatic heterocycles. The van der Waals surface area contributed by atoms with Crippen LogP contribution in [0.5, 0.6) is 11.5 Å². The van der Waals surface area contributed by atoms with Crippen LogP contribution >= 0.6 is 0 Å². The number of benzene rings is 2. The number of rotatable bonds is 3. The minimum Gasteiger partial charge on any atom is -0.493 e. The van der Waals surface area contributed by atoms with Crippen molar-refractivity contribution in [3.8, 4) is 23.6 Å². The number of fused-ring (bicyclic) bond motifs is 3. The maximum Gasteiger partial charge on any atom is 0.161 e. The number of nitrogens with one attached hydrogen (secondary N) is 1. The molecule has 28 heavy (non-hydrogen) atoms. The minimum atomic E-state index is -0.608. The zero-order chi connectivity index (χ0) is 19.8. The van der Waals surface area contributed by atoms with Crippen LogP contribution in [0, 0.1) is 22.7 Å². The van der Waals surface area contributed by atoms with E-state index in [1.807, 2.05) is 30.3 Å². The molecule has 0 amide bonds. The fourth-order valence-electron chi connectivity index (χ4n) is 3.67. The van der Waals surface area contributed by atoms with E-state index in [0.717, 1.165) is 16.9 Å². The van der Waals surface area contributed by atoms with Gasteiger partial charge in [0, 0.05) is 0 Å². The molecule has 138 valence electrons. The third kappa shape index (κ3) is 2.34. The van der Waals surface area contributed by atoms with Crippen LogP contribution in [0.3, 0.4) is 0 Å². The lowest BCUT2D eigenvalue weighted by molar-refractivity contribution is 0.354. The van der Waals surface area contributed by atoms with Crippen LogP contribution in [0.25, 0.3) is 0 Å². The molecule has 2 aromatic carbocycles. The molecule has 2 heterocycles. The molecule has 4 rings (SSSR count). The number of nitrogens with zero attached hydrogens (tertiary/aromatic N) is 3. The van der Waals surface area contributed by atoms with Crippen LogP contribution in [-0.2, 0) is 0 Å².